The number of ether oxygens (including phenoxy) is 3. The van der Waals surface area contributed by atoms with Crippen LogP contribution < -0.4 is 4.74 Å². The molecule has 0 fully saturated rings. The minimum absolute atomic E-state index is 0.265. The zero-order valence-corrected chi connectivity index (χ0v) is 20.3. The van der Waals surface area contributed by atoms with Crippen LogP contribution in [0.2, 0.25) is 0 Å². The molecule has 0 aliphatic rings. The van der Waals surface area contributed by atoms with Crippen LogP contribution in [0.1, 0.15) is 28.8 Å². The summed E-state index contributed by atoms with van der Waals surface area (Å²) in [5, 5.41) is 0. The number of pyridine rings is 1. The van der Waals surface area contributed by atoms with Crippen LogP contribution in [0.5, 0.6) is 5.75 Å². The first-order chi connectivity index (χ1) is 16.7. The van der Waals surface area contributed by atoms with Crippen LogP contribution in [0.3, 0.4) is 0 Å². The highest BCUT2D eigenvalue weighted by atomic mass is 32.2. The summed E-state index contributed by atoms with van der Waals surface area (Å²) in [6.07, 6.45) is 4.12. The van der Waals surface area contributed by atoms with E-state index in [0.29, 0.717) is 26.4 Å². The highest BCUT2D eigenvalue weighted by molar-refractivity contribution is 7.82. The molecular weight excluding hydrogens is 450 g/mol. The Bertz CT molecular complexity index is 1240. The lowest BCUT2D eigenvalue weighted by Crippen LogP contribution is -2.10. The lowest BCUT2D eigenvalue weighted by molar-refractivity contribution is 0.108. The molecule has 1 atom stereocenters. The number of para-hydroxylation sites is 1. The minimum Gasteiger partial charge on any atom is -0.493 e. The molecule has 2 heterocycles. The van der Waals surface area contributed by atoms with Gasteiger partial charge in [-0.05, 0) is 24.6 Å². The van der Waals surface area contributed by atoms with Crippen molar-refractivity contribution >= 4 is 22.0 Å². The lowest BCUT2D eigenvalue weighted by atomic mass is 10.2. The molecule has 4 rings (SSSR count). The monoisotopic (exact) mass is 479 g/mol. The Kier molecular flexibility index (Phi) is 8.41. The zero-order valence-electron chi connectivity index (χ0n) is 19.5. The average Bonchev–Trinajstić information content (AvgIpc) is 3.30. The second kappa shape index (κ2) is 11.9. The summed E-state index contributed by atoms with van der Waals surface area (Å²) in [5.41, 5.74) is 5.33. The van der Waals surface area contributed by atoms with Crippen molar-refractivity contribution in [3.63, 3.8) is 0 Å². The van der Waals surface area contributed by atoms with Gasteiger partial charge in [0, 0.05) is 37.5 Å². The van der Waals surface area contributed by atoms with Crippen LogP contribution in [0.15, 0.2) is 67.1 Å². The number of imidazole rings is 1. The molecule has 0 bridgehead atoms. The van der Waals surface area contributed by atoms with Crippen LogP contribution in [0.25, 0.3) is 11.0 Å². The number of nitrogens with zero attached hydrogens (tertiary/aromatic N) is 3. The predicted molar refractivity (Wildman–Crippen MR) is 133 cm³/mol. The molecule has 2 aromatic carbocycles. The fourth-order valence-electron chi connectivity index (χ4n) is 3.64. The number of hydrogen-bond donors (Lipinski definition) is 0. The molecular formula is C26H29N3O4S. The Morgan fingerprint density at radius 1 is 0.971 bits per heavy atom. The van der Waals surface area contributed by atoms with E-state index in [2.05, 4.69) is 9.97 Å². The van der Waals surface area contributed by atoms with Crippen molar-refractivity contribution in [1.82, 2.24) is 13.9 Å². The van der Waals surface area contributed by atoms with Crippen molar-refractivity contribution in [3.8, 4) is 5.75 Å². The molecule has 0 unspecified atom stereocenters. The van der Waals surface area contributed by atoms with E-state index in [1.165, 1.54) is 0 Å². The van der Waals surface area contributed by atoms with Gasteiger partial charge in [-0.1, -0.05) is 42.5 Å². The molecule has 34 heavy (non-hydrogen) atoms. The summed E-state index contributed by atoms with van der Waals surface area (Å²) >= 11 is 0. The fraction of sp³-hybridized carbons (Fsp3) is 0.308. The first-order valence-corrected chi connectivity index (χ1v) is 12.5. The fourth-order valence-corrected chi connectivity index (χ4v) is 4.82. The van der Waals surface area contributed by atoms with Gasteiger partial charge in [-0.3, -0.25) is 4.98 Å². The minimum atomic E-state index is -1.37. The molecule has 7 nitrogen and oxygen atoms in total. The van der Waals surface area contributed by atoms with E-state index in [9.17, 15) is 4.21 Å². The van der Waals surface area contributed by atoms with Gasteiger partial charge < -0.3 is 14.2 Å². The van der Waals surface area contributed by atoms with E-state index in [1.807, 2.05) is 61.5 Å². The number of fused-ring (bicyclic) bond motifs is 1. The second-order valence-electron chi connectivity index (χ2n) is 7.88. The van der Waals surface area contributed by atoms with Gasteiger partial charge in [-0.2, -0.15) is 0 Å². The zero-order chi connectivity index (χ0) is 23.8. The largest absolute Gasteiger partial charge is 0.493 e. The van der Waals surface area contributed by atoms with Gasteiger partial charge in [-0.15, -0.1) is 0 Å². The van der Waals surface area contributed by atoms with Crippen molar-refractivity contribution < 1.29 is 18.4 Å². The third kappa shape index (κ3) is 5.88. The summed E-state index contributed by atoms with van der Waals surface area (Å²) in [6.45, 7) is 4.10. The normalized spacial score (nSPS) is 12.2. The van der Waals surface area contributed by atoms with E-state index in [0.717, 1.165) is 45.6 Å². The smallest absolute Gasteiger partial charge is 0.131 e. The van der Waals surface area contributed by atoms with Gasteiger partial charge in [0.2, 0.25) is 0 Å². The molecule has 0 N–H and O–H groups in total. The molecule has 2 aromatic heterocycles. The molecule has 8 heteroatoms. The van der Waals surface area contributed by atoms with E-state index < -0.39 is 11.0 Å². The Hall–Kier alpha value is -3.07. The van der Waals surface area contributed by atoms with Gasteiger partial charge in [0.05, 0.1) is 42.3 Å². The van der Waals surface area contributed by atoms with Crippen molar-refractivity contribution in [1.29, 1.82) is 0 Å². The molecule has 178 valence electrons. The summed E-state index contributed by atoms with van der Waals surface area (Å²) in [7, 11) is 0.299. The highest BCUT2D eigenvalue weighted by Crippen LogP contribution is 2.23. The van der Waals surface area contributed by atoms with E-state index in [4.69, 9.17) is 14.2 Å². The highest BCUT2D eigenvalue weighted by Gasteiger charge is 2.15. The molecule has 0 saturated carbocycles. The first-order valence-electron chi connectivity index (χ1n) is 11.2. The molecule has 0 radical (unpaired) electrons. The molecule has 0 aliphatic carbocycles. The number of hydrogen-bond acceptors (Lipinski definition) is 6. The molecule has 0 spiro atoms. The number of rotatable bonds is 12. The van der Waals surface area contributed by atoms with Crippen LogP contribution >= 0.6 is 0 Å². The SMILES string of the molecule is COCCCOc1ccnc(C[S@@](=O)n2cnc3c(COCc4ccccc4)cccc32)c1C. The molecule has 0 amide bonds. The van der Waals surface area contributed by atoms with E-state index in [1.54, 1.807) is 23.6 Å². The number of aromatic nitrogens is 3. The van der Waals surface area contributed by atoms with Gasteiger partial charge >= 0.3 is 0 Å². The van der Waals surface area contributed by atoms with E-state index in [-0.39, 0.29) is 5.75 Å². The van der Waals surface area contributed by atoms with Crippen molar-refractivity contribution in [2.45, 2.75) is 32.3 Å². The molecule has 0 saturated heterocycles. The topological polar surface area (TPSA) is 75.5 Å². The summed E-state index contributed by atoms with van der Waals surface area (Å²) in [6, 6.07) is 17.7. The first kappa shape index (κ1) is 24.1. The third-order valence-electron chi connectivity index (χ3n) is 5.49. The van der Waals surface area contributed by atoms with Crippen LogP contribution in [0.4, 0.5) is 0 Å². The Morgan fingerprint density at radius 2 is 1.82 bits per heavy atom. The Labute approximate surface area is 202 Å². The summed E-state index contributed by atoms with van der Waals surface area (Å²) < 4.78 is 31.8. The quantitative estimate of drug-likeness (QED) is 0.277. The maximum Gasteiger partial charge on any atom is 0.131 e. The van der Waals surface area contributed by atoms with Crippen LogP contribution in [0, 0.1) is 6.92 Å². The maximum atomic E-state index is 13.3. The summed E-state index contributed by atoms with van der Waals surface area (Å²) in [5.74, 6) is 1.02. The predicted octanol–water partition coefficient (Wildman–Crippen LogP) is 4.58. The van der Waals surface area contributed by atoms with Gasteiger partial charge in [0.1, 0.15) is 23.1 Å². The van der Waals surface area contributed by atoms with E-state index >= 15 is 0 Å². The van der Waals surface area contributed by atoms with Gasteiger partial charge in [0.25, 0.3) is 0 Å². The Morgan fingerprint density at radius 3 is 2.65 bits per heavy atom. The van der Waals surface area contributed by atoms with Gasteiger partial charge in [0.15, 0.2) is 0 Å². The van der Waals surface area contributed by atoms with Crippen LogP contribution in [-0.4, -0.2) is 38.5 Å². The average molecular weight is 480 g/mol. The third-order valence-corrected chi connectivity index (χ3v) is 6.74. The standard InChI is InChI=1S/C26H29N3O4S/c1-20-23(27-13-12-25(20)33-15-7-14-31-2)18-34(30)29-19-28-26-22(10-6-11-24(26)29)17-32-16-21-8-4-3-5-9-21/h3-6,8-13,19H,7,14-18H2,1-2H3/t34-/m1/s1. The number of benzene rings is 2. The molecule has 0 aliphatic heterocycles. The van der Waals surface area contributed by atoms with Crippen molar-refractivity contribution in [2.24, 2.45) is 0 Å². The summed E-state index contributed by atoms with van der Waals surface area (Å²) in [4.78, 5) is 8.99. The van der Waals surface area contributed by atoms with Crippen molar-refractivity contribution in [2.75, 3.05) is 20.3 Å². The lowest BCUT2D eigenvalue weighted by Gasteiger charge is -2.12. The van der Waals surface area contributed by atoms with Gasteiger partial charge in [-0.25, -0.2) is 13.2 Å². The van der Waals surface area contributed by atoms with Crippen molar-refractivity contribution in [3.05, 3.63) is 89.5 Å². The van der Waals surface area contributed by atoms with Crippen LogP contribution in [-0.2, 0) is 39.4 Å². The Balaban J connectivity index is 1.45. The maximum absolute atomic E-state index is 13.3. The number of methoxy groups -OCH3 is 1. The molecule has 4 aromatic rings. The second-order valence-corrected chi connectivity index (χ2v) is 9.20.